The maximum atomic E-state index is 12.2. The lowest BCUT2D eigenvalue weighted by atomic mass is 10.1. The Kier molecular flexibility index (Phi) is 4.57. The first-order valence-corrected chi connectivity index (χ1v) is 6.75. The number of nitro groups is 1. The van der Waals surface area contributed by atoms with Gasteiger partial charge in [0.15, 0.2) is 0 Å². The molecule has 1 unspecified atom stereocenters. The molecule has 6 nitrogen and oxygen atoms in total. The smallest absolute Gasteiger partial charge is 0.269 e. The van der Waals surface area contributed by atoms with E-state index >= 15 is 0 Å². The number of non-ortho nitro benzene ring substituents is 1. The fraction of sp³-hybridized carbons (Fsp3) is 0.462. The number of hydrogen-bond donors (Lipinski definition) is 1. The minimum atomic E-state index is -0.470. The van der Waals surface area contributed by atoms with Crippen molar-refractivity contribution < 1.29 is 9.72 Å². The molecular formula is C13H16ClN3O3. The van der Waals surface area contributed by atoms with Crippen molar-refractivity contribution in [2.75, 3.05) is 20.1 Å². The predicted octanol–water partition coefficient (Wildman–Crippen LogP) is 1.82. The van der Waals surface area contributed by atoms with Crippen molar-refractivity contribution in [1.29, 1.82) is 0 Å². The second-order valence-corrected chi connectivity index (χ2v) is 5.32. The van der Waals surface area contributed by atoms with E-state index in [9.17, 15) is 14.9 Å². The number of nitrogens with zero attached hydrogens (tertiary/aromatic N) is 2. The Morgan fingerprint density at radius 3 is 2.95 bits per heavy atom. The third kappa shape index (κ3) is 3.26. The molecule has 1 aliphatic heterocycles. The third-order valence-corrected chi connectivity index (χ3v) is 3.80. The van der Waals surface area contributed by atoms with Gasteiger partial charge in [-0.05, 0) is 24.6 Å². The number of halogens is 1. The van der Waals surface area contributed by atoms with E-state index in [1.54, 1.807) is 11.9 Å². The van der Waals surface area contributed by atoms with Crippen LogP contribution in [0.2, 0.25) is 5.02 Å². The summed E-state index contributed by atoms with van der Waals surface area (Å²) >= 11 is 6.04. The Morgan fingerprint density at radius 1 is 1.60 bits per heavy atom. The average molecular weight is 298 g/mol. The molecule has 1 aromatic carbocycles. The Morgan fingerprint density at radius 2 is 2.35 bits per heavy atom. The van der Waals surface area contributed by atoms with Crippen molar-refractivity contribution in [2.45, 2.75) is 13.0 Å². The maximum Gasteiger partial charge on any atom is 0.269 e. The Hall–Kier alpha value is -1.66. The number of rotatable bonds is 4. The first-order chi connectivity index (χ1) is 9.49. The molecule has 0 aromatic heterocycles. The van der Waals surface area contributed by atoms with Gasteiger partial charge in [-0.25, -0.2) is 0 Å². The Bertz CT molecular complexity index is 530. The summed E-state index contributed by atoms with van der Waals surface area (Å²) in [4.78, 5) is 24.1. The zero-order chi connectivity index (χ0) is 14.7. The van der Waals surface area contributed by atoms with Crippen molar-refractivity contribution >= 4 is 23.2 Å². The van der Waals surface area contributed by atoms with E-state index in [1.165, 1.54) is 18.2 Å². The standard InChI is InChI=1S/C13H16ClN3O3/c1-16(13(18)9-4-5-15-7-9)8-10-6-11(17(19)20)2-3-12(10)14/h2-3,6,9,15H,4-5,7-8H2,1H3. The number of nitro benzene ring substituents is 1. The van der Waals surface area contributed by atoms with Crippen LogP contribution >= 0.6 is 11.6 Å². The lowest BCUT2D eigenvalue weighted by Crippen LogP contribution is -2.33. The molecule has 0 aliphatic carbocycles. The molecular weight excluding hydrogens is 282 g/mol. The molecule has 0 bridgehead atoms. The Labute approximate surface area is 121 Å². The molecule has 1 saturated heterocycles. The minimum absolute atomic E-state index is 0.0162. The summed E-state index contributed by atoms with van der Waals surface area (Å²) in [6, 6.07) is 4.26. The van der Waals surface area contributed by atoms with Crippen LogP contribution in [0.1, 0.15) is 12.0 Å². The summed E-state index contributed by atoms with van der Waals surface area (Å²) in [5.41, 5.74) is 0.565. The molecule has 7 heteroatoms. The van der Waals surface area contributed by atoms with Crippen LogP contribution in [0.15, 0.2) is 18.2 Å². The summed E-state index contributed by atoms with van der Waals surface area (Å²) in [7, 11) is 1.69. The molecule has 1 atom stereocenters. The number of amides is 1. The van der Waals surface area contributed by atoms with Gasteiger partial charge in [0, 0.05) is 37.3 Å². The molecule has 1 aliphatic rings. The van der Waals surface area contributed by atoms with Crippen molar-refractivity contribution in [1.82, 2.24) is 10.2 Å². The van der Waals surface area contributed by atoms with Gasteiger partial charge < -0.3 is 10.2 Å². The highest BCUT2D eigenvalue weighted by atomic mass is 35.5. The minimum Gasteiger partial charge on any atom is -0.341 e. The molecule has 1 aromatic rings. The third-order valence-electron chi connectivity index (χ3n) is 3.43. The molecule has 2 rings (SSSR count). The van der Waals surface area contributed by atoms with E-state index in [0.29, 0.717) is 17.1 Å². The second kappa shape index (κ2) is 6.19. The van der Waals surface area contributed by atoms with Gasteiger partial charge in [0.25, 0.3) is 5.69 Å². The molecule has 1 fully saturated rings. The van der Waals surface area contributed by atoms with Gasteiger partial charge in [-0.15, -0.1) is 0 Å². The number of carbonyl (C=O) groups excluding carboxylic acids is 1. The number of hydrogen-bond acceptors (Lipinski definition) is 4. The monoisotopic (exact) mass is 297 g/mol. The quantitative estimate of drug-likeness (QED) is 0.679. The van der Waals surface area contributed by atoms with Crippen LogP contribution in [-0.4, -0.2) is 35.9 Å². The first kappa shape index (κ1) is 14.7. The summed E-state index contributed by atoms with van der Waals surface area (Å²) in [6.45, 7) is 1.81. The van der Waals surface area contributed by atoms with Crippen LogP contribution in [0.3, 0.4) is 0 Å². The molecule has 0 spiro atoms. The molecule has 0 saturated carbocycles. The van der Waals surface area contributed by atoms with E-state index < -0.39 is 4.92 Å². The molecule has 108 valence electrons. The van der Waals surface area contributed by atoms with Gasteiger partial charge in [-0.1, -0.05) is 11.6 Å². The van der Waals surface area contributed by atoms with Crippen LogP contribution in [0.5, 0.6) is 0 Å². The lowest BCUT2D eigenvalue weighted by Gasteiger charge is -2.21. The average Bonchev–Trinajstić information content (AvgIpc) is 2.94. The number of carbonyl (C=O) groups is 1. The van der Waals surface area contributed by atoms with E-state index in [1.807, 2.05) is 0 Å². The number of benzene rings is 1. The zero-order valence-electron chi connectivity index (χ0n) is 11.1. The Balaban J connectivity index is 2.10. The van der Waals surface area contributed by atoms with E-state index in [0.717, 1.165) is 13.0 Å². The molecule has 1 amide bonds. The van der Waals surface area contributed by atoms with E-state index in [2.05, 4.69) is 5.32 Å². The lowest BCUT2D eigenvalue weighted by molar-refractivity contribution is -0.384. The van der Waals surface area contributed by atoms with Crippen LogP contribution in [0, 0.1) is 16.0 Å². The largest absolute Gasteiger partial charge is 0.341 e. The molecule has 1 N–H and O–H groups in total. The van der Waals surface area contributed by atoms with Gasteiger partial charge >= 0.3 is 0 Å². The van der Waals surface area contributed by atoms with Crippen molar-refractivity contribution in [3.8, 4) is 0 Å². The fourth-order valence-corrected chi connectivity index (χ4v) is 2.48. The normalized spacial score (nSPS) is 18.0. The van der Waals surface area contributed by atoms with E-state index in [-0.39, 0.29) is 24.1 Å². The zero-order valence-corrected chi connectivity index (χ0v) is 11.9. The summed E-state index contributed by atoms with van der Waals surface area (Å²) in [5.74, 6) is 0.0232. The summed E-state index contributed by atoms with van der Waals surface area (Å²) in [5, 5.41) is 14.3. The maximum absolute atomic E-state index is 12.2. The van der Waals surface area contributed by atoms with Gasteiger partial charge in [-0.2, -0.15) is 0 Å². The van der Waals surface area contributed by atoms with Gasteiger partial charge in [-0.3, -0.25) is 14.9 Å². The summed E-state index contributed by atoms with van der Waals surface area (Å²) in [6.07, 6.45) is 0.825. The van der Waals surface area contributed by atoms with Gasteiger partial charge in [0.05, 0.1) is 10.8 Å². The van der Waals surface area contributed by atoms with Crippen LogP contribution < -0.4 is 5.32 Å². The van der Waals surface area contributed by atoms with Crippen molar-refractivity contribution in [2.24, 2.45) is 5.92 Å². The highest BCUT2D eigenvalue weighted by Gasteiger charge is 2.25. The van der Waals surface area contributed by atoms with Crippen LogP contribution in [0.25, 0.3) is 0 Å². The first-order valence-electron chi connectivity index (χ1n) is 6.37. The fourth-order valence-electron chi connectivity index (χ4n) is 2.31. The van der Waals surface area contributed by atoms with E-state index in [4.69, 9.17) is 11.6 Å². The highest BCUT2D eigenvalue weighted by Crippen LogP contribution is 2.24. The second-order valence-electron chi connectivity index (χ2n) is 4.92. The van der Waals surface area contributed by atoms with Gasteiger partial charge in [0.2, 0.25) is 5.91 Å². The van der Waals surface area contributed by atoms with Crippen molar-refractivity contribution in [3.63, 3.8) is 0 Å². The van der Waals surface area contributed by atoms with Crippen LogP contribution in [-0.2, 0) is 11.3 Å². The molecule has 0 radical (unpaired) electrons. The molecule has 1 heterocycles. The summed E-state index contributed by atoms with van der Waals surface area (Å²) < 4.78 is 0. The SMILES string of the molecule is CN(Cc1cc([N+](=O)[O-])ccc1Cl)C(=O)C1CCNC1. The predicted molar refractivity (Wildman–Crippen MR) is 75.6 cm³/mol. The molecule has 20 heavy (non-hydrogen) atoms. The number of nitrogens with one attached hydrogen (secondary N) is 1. The highest BCUT2D eigenvalue weighted by molar-refractivity contribution is 6.31. The van der Waals surface area contributed by atoms with Crippen molar-refractivity contribution in [3.05, 3.63) is 38.9 Å². The van der Waals surface area contributed by atoms with Gasteiger partial charge in [0.1, 0.15) is 0 Å². The van der Waals surface area contributed by atoms with Crippen LogP contribution in [0.4, 0.5) is 5.69 Å². The topological polar surface area (TPSA) is 75.5 Å².